The fourth-order valence-electron chi connectivity index (χ4n) is 2.33. The van der Waals surface area contributed by atoms with E-state index in [-0.39, 0.29) is 5.75 Å². The van der Waals surface area contributed by atoms with Gasteiger partial charge in [-0.05, 0) is 19.3 Å². The van der Waals surface area contributed by atoms with Crippen LogP contribution in [0.15, 0.2) is 0 Å². The Hall–Kier alpha value is -0.620. The molecule has 0 amide bonds. The molecule has 6 heteroatoms. The van der Waals surface area contributed by atoms with Crippen LogP contribution >= 0.6 is 0 Å². The molecule has 0 saturated heterocycles. The predicted molar refractivity (Wildman–Crippen MR) is 69.8 cm³/mol. The number of hydrogen-bond donors (Lipinski definition) is 1. The maximum absolute atomic E-state index is 12.0. The van der Waals surface area contributed by atoms with Crippen LogP contribution in [0, 0.1) is 5.92 Å². The summed E-state index contributed by atoms with van der Waals surface area (Å²) in [7, 11) is -2.11. The third kappa shape index (κ3) is 4.24. The van der Waals surface area contributed by atoms with Crippen LogP contribution in [-0.4, -0.2) is 42.6 Å². The van der Waals surface area contributed by atoms with Crippen molar-refractivity contribution in [3.05, 3.63) is 0 Å². The normalized spacial score (nSPS) is 19.9. The van der Waals surface area contributed by atoms with Crippen LogP contribution in [0.2, 0.25) is 0 Å². The van der Waals surface area contributed by atoms with Crippen LogP contribution in [0.1, 0.15) is 45.4 Å². The van der Waals surface area contributed by atoms with Gasteiger partial charge < -0.3 is 5.11 Å². The molecule has 1 atom stereocenters. The highest BCUT2D eigenvalue weighted by molar-refractivity contribution is 7.89. The minimum absolute atomic E-state index is 0.0613. The van der Waals surface area contributed by atoms with E-state index in [2.05, 4.69) is 0 Å². The first-order valence-corrected chi connectivity index (χ1v) is 8.14. The van der Waals surface area contributed by atoms with Crippen molar-refractivity contribution in [2.24, 2.45) is 5.92 Å². The van der Waals surface area contributed by atoms with Crippen LogP contribution in [-0.2, 0) is 14.8 Å². The van der Waals surface area contributed by atoms with Crippen LogP contribution in [0.4, 0.5) is 0 Å². The van der Waals surface area contributed by atoms with Crippen molar-refractivity contribution in [3.8, 4) is 0 Å². The molecule has 1 fully saturated rings. The van der Waals surface area contributed by atoms with Crippen molar-refractivity contribution in [2.45, 2.75) is 51.5 Å². The van der Waals surface area contributed by atoms with E-state index >= 15 is 0 Å². The lowest BCUT2D eigenvalue weighted by Crippen LogP contribution is -2.41. The highest BCUT2D eigenvalue weighted by atomic mass is 32.2. The van der Waals surface area contributed by atoms with E-state index in [0.717, 1.165) is 17.1 Å². The van der Waals surface area contributed by atoms with Gasteiger partial charge in [-0.2, -0.15) is 4.31 Å². The zero-order valence-electron chi connectivity index (χ0n) is 11.1. The Labute approximate surface area is 109 Å². The van der Waals surface area contributed by atoms with Crippen molar-refractivity contribution in [1.29, 1.82) is 0 Å². The summed E-state index contributed by atoms with van der Waals surface area (Å²) in [5.41, 5.74) is 0. The molecular weight excluding hydrogens is 254 g/mol. The van der Waals surface area contributed by atoms with Crippen LogP contribution in [0.25, 0.3) is 0 Å². The van der Waals surface area contributed by atoms with Gasteiger partial charge in [-0.1, -0.05) is 32.1 Å². The van der Waals surface area contributed by atoms with Gasteiger partial charge in [0.15, 0.2) is 0 Å². The smallest absolute Gasteiger partial charge is 0.321 e. The molecule has 0 aliphatic heterocycles. The standard InChI is InChI=1S/C12H23NO4S/c1-10(12(14)15)13(2)18(16,17)9-8-11-6-4-3-5-7-11/h10-11H,3-9H2,1-2H3,(H,14,15). The summed E-state index contributed by atoms with van der Waals surface area (Å²) in [6.07, 6.45) is 6.48. The van der Waals surface area contributed by atoms with E-state index in [1.165, 1.54) is 33.2 Å². The Bertz CT molecular complexity index is 374. The van der Waals surface area contributed by atoms with Crippen molar-refractivity contribution in [3.63, 3.8) is 0 Å². The number of nitrogens with zero attached hydrogens (tertiary/aromatic N) is 1. The number of carboxylic acids is 1. The van der Waals surface area contributed by atoms with E-state index < -0.39 is 22.0 Å². The molecule has 0 bridgehead atoms. The van der Waals surface area contributed by atoms with Gasteiger partial charge in [0, 0.05) is 7.05 Å². The third-order valence-corrected chi connectivity index (χ3v) is 5.80. The van der Waals surface area contributed by atoms with E-state index in [1.807, 2.05) is 0 Å². The van der Waals surface area contributed by atoms with Crippen molar-refractivity contribution in [1.82, 2.24) is 4.31 Å². The van der Waals surface area contributed by atoms with Gasteiger partial charge in [-0.25, -0.2) is 8.42 Å². The summed E-state index contributed by atoms with van der Waals surface area (Å²) in [6, 6.07) is -0.999. The number of rotatable bonds is 6. The molecule has 0 aromatic heterocycles. The maximum atomic E-state index is 12.0. The molecule has 0 aromatic rings. The quantitative estimate of drug-likeness (QED) is 0.801. The second-order valence-electron chi connectivity index (χ2n) is 5.14. The minimum Gasteiger partial charge on any atom is -0.480 e. The molecule has 0 aromatic carbocycles. The third-order valence-electron chi connectivity index (χ3n) is 3.85. The second kappa shape index (κ2) is 6.52. The predicted octanol–water partition coefficient (Wildman–Crippen LogP) is 1.69. The summed E-state index contributed by atoms with van der Waals surface area (Å²) in [4.78, 5) is 10.8. The lowest BCUT2D eigenvalue weighted by molar-refractivity contribution is -0.140. The number of carbonyl (C=O) groups is 1. The molecule has 1 saturated carbocycles. The number of likely N-dealkylation sites (N-methyl/N-ethyl adjacent to an activating group) is 1. The van der Waals surface area contributed by atoms with Crippen molar-refractivity contribution >= 4 is 16.0 Å². The summed E-state index contributed by atoms with van der Waals surface area (Å²) in [5, 5.41) is 8.83. The van der Waals surface area contributed by atoms with Crippen LogP contribution < -0.4 is 0 Å². The highest BCUT2D eigenvalue weighted by Crippen LogP contribution is 2.27. The highest BCUT2D eigenvalue weighted by Gasteiger charge is 2.28. The summed E-state index contributed by atoms with van der Waals surface area (Å²) >= 11 is 0. The second-order valence-corrected chi connectivity index (χ2v) is 7.29. The van der Waals surface area contributed by atoms with Crippen LogP contribution in [0.3, 0.4) is 0 Å². The Morgan fingerprint density at radius 3 is 2.39 bits per heavy atom. The van der Waals surface area contributed by atoms with E-state index in [0.29, 0.717) is 12.3 Å². The Morgan fingerprint density at radius 1 is 1.33 bits per heavy atom. The molecule has 0 radical (unpaired) electrons. The molecule has 0 heterocycles. The number of hydrogen-bond acceptors (Lipinski definition) is 3. The number of carboxylic acid groups (broad SMARTS) is 1. The van der Waals surface area contributed by atoms with Gasteiger partial charge >= 0.3 is 5.97 Å². The molecule has 1 aliphatic carbocycles. The van der Waals surface area contributed by atoms with Gasteiger partial charge in [0.2, 0.25) is 10.0 Å². The molecule has 18 heavy (non-hydrogen) atoms. The SMILES string of the molecule is CC(C(=O)O)N(C)S(=O)(=O)CCC1CCCCC1. The first-order chi connectivity index (χ1) is 8.34. The Balaban J connectivity index is 2.50. The van der Waals surface area contributed by atoms with E-state index in [1.54, 1.807) is 0 Å². The fraction of sp³-hybridized carbons (Fsp3) is 0.917. The molecule has 1 unspecified atom stereocenters. The molecule has 106 valence electrons. The average molecular weight is 277 g/mol. The van der Waals surface area contributed by atoms with Gasteiger partial charge in [-0.15, -0.1) is 0 Å². The minimum atomic E-state index is -3.45. The van der Waals surface area contributed by atoms with Crippen LogP contribution in [0.5, 0.6) is 0 Å². The lowest BCUT2D eigenvalue weighted by Gasteiger charge is -2.24. The molecule has 5 nitrogen and oxygen atoms in total. The molecule has 1 aliphatic rings. The summed E-state index contributed by atoms with van der Waals surface area (Å²) in [6.45, 7) is 1.39. The average Bonchev–Trinajstić information content (AvgIpc) is 2.35. The molecule has 0 spiro atoms. The Morgan fingerprint density at radius 2 is 1.89 bits per heavy atom. The molecular formula is C12H23NO4S. The Kier molecular flexibility index (Phi) is 5.59. The zero-order valence-corrected chi connectivity index (χ0v) is 11.9. The number of sulfonamides is 1. The van der Waals surface area contributed by atoms with Gasteiger partial charge in [-0.3, -0.25) is 4.79 Å². The fourth-order valence-corrected chi connectivity index (χ4v) is 3.82. The summed E-state index contributed by atoms with van der Waals surface area (Å²) in [5.74, 6) is -0.563. The zero-order chi connectivity index (χ0) is 13.8. The van der Waals surface area contributed by atoms with E-state index in [9.17, 15) is 13.2 Å². The van der Waals surface area contributed by atoms with Gasteiger partial charge in [0.1, 0.15) is 6.04 Å². The monoisotopic (exact) mass is 277 g/mol. The molecule has 1 N–H and O–H groups in total. The van der Waals surface area contributed by atoms with Gasteiger partial charge in [0.25, 0.3) is 0 Å². The lowest BCUT2D eigenvalue weighted by atomic mass is 9.88. The number of aliphatic carboxylic acids is 1. The first kappa shape index (κ1) is 15.4. The topological polar surface area (TPSA) is 74.7 Å². The van der Waals surface area contributed by atoms with Crippen molar-refractivity contribution < 1.29 is 18.3 Å². The molecule has 1 rings (SSSR count). The van der Waals surface area contributed by atoms with Gasteiger partial charge in [0.05, 0.1) is 5.75 Å². The summed E-state index contributed by atoms with van der Waals surface area (Å²) < 4.78 is 24.9. The maximum Gasteiger partial charge on any atom is 0.321 e. The first-order valence-electron chi connectivity index (χ1n) is 6.53. The van der Waals surface area contributed by atoms with Crippen molar-refractivity contribution in [2.75, 3.05) is 12.8 Å². The largest absolute Gasteiger partial charge is 0.480 e. The van der Waals surface area contributed by atoms with E-state index in [4.69, 9.17) is 5.11 Å².